The number of hydrogen-bond acceptors (Lipinski definition) is 3. The lowest BCUT2D eigenvalue weighted by Crippen LogP contribution is -2.65. The van der Waals surface area contributed by atoms with Crippen molar-refractivity contribution in [1.29, 1.82) is 0 Å². The van der Waals surface area contributed by atoms with E-state index in [9.17, 15) is 0 Å². The lowest BCUT2D eigenvalue weighted by molar-refractivity contribution is 0.0493. The van der Waals surface area contributed by atoms with Crippen molar-refractivity contribution in [3.63, 3.8) is 0 Å². The van der Waals surface area contributed by atoms with E-state index in [-0.39, 0.29) is 0 Å². The van der Waals surface area contributed by atoms with Gasteiger partial charge >= 0.3 is 0 Å². The fourth-order valence-corrected chi connectivity index (χ4v) is 6.04. The number of rotatable bonds is 4. The monoisotopic (exact) mass is 310 g/mol. The van der Waals surface area contributed by atoms with Crippen LogP contribution in [-0.2, 0) is 0 Å². The van der Waals surface area contributed by atoms with Crippen LogP contribution in [0, 0.1) is 5.92 Å². The number of thioether (sulfide) groups is 1. The first kappa shape index (κ1) is 16.1. The minimum atomic E-state index is 0.462. The molecule has 0 bridgehead atoms. The van der Waals surface area contributed by atoms with Gasteiger partial charge in [0, 0.05) is 36.0 Å². The van der Waals surface area contributed by atoms with Crippen LogP contribution in [0.15, 0.2) is 0 Å². The van der Waals surface area contributed by atoms with Crippen molar-refractivity contribution in [2.24, 2.45) is 5.92 Å². The van der Waals surface area contributed by atoms with Crippen LogP contribution in [0.2, 0.25) is 0 Å². The molecule has 1 aliphatic heterocycles. The first-order valence-corrected chi connectivity index (χ1v) is 10.3. The van der Waals surface area contributed by atoms with Gasteiger partial charge in [-0.2, -0.15) is 11.8 Å². The van der Waals surface area contributed by atoms with Gasteiger partial charge in [0.2, 0.25) is 0 Å². The van der Waals surface area contributed by atoms with Gasteiger partial charge in [-0.25, -0.2) is 0 Å². The molecule has 2 saturated carbocycles. The van der Waals surface area contributed by atoms with E-state index in [0.717, 1.165) is 12.0 Å². The molecule has 1 N–H and O–H groups in total. The van der Waals surface area contributed by atoms with E-state index in [1.165, 1.54) is 71.0 Å². The van der Waals surface area contributed by atoms with E-state index in [1.807, 2.05) is 0 Å². The van der Waals surface area contributed by atoms with E-state index in [1.54, 1.807) is 0 Å². The van der Waals surface area contributed by atoms with Gasteiger partial charge in [-0.3, -0.25) is 4.90 Å². The summed E-state index contributed by atoms with van der Waals surface area (Å²) < 4.78 is 0.560. The van der Waals surface area contributed by atoms with Gasteiger partial charge in [-0.05, 0) is 37.9 Å². The SMILES string of the molecule is CSC1(CN2CC3(CCCC3)NCC2C(C)C)CCCC1. The van der Waals surface area contributed by atoms with Gasteiger partial charge in [-0.1, -0.05) is 39.5 Å². The molecule has 0 aromatic heterocycles. The molecule has 2 aliphatic carbocycles. The van der Waals surface area contributed by atoms with Crippen LogP contribution in [0.25, 0.3) is 0 Å². The predicted molar refractivity (Wildman–Crippen MR) is 94.1 cm³/mol. The highest BCUT2D eigenvalue weighted by atomic mass is 32.2. The van der Waals surface area contributed by atoms with Crippen molar-refractivity contribution in [2.75, 3.05) is 25.9 Å². The Kier molecular flexibility index (Phi) is 4.93. The second kappa shape index (κ2) is 6.41. The Labute approximate surface area is 135 Å². The fourth-order valence-electron chi connectivity index (χ4n) is 5.05. The Morgan fingerprint density at radius 1 is 1.10 bits per heavy atom. The standard InChI is InChI=1S/C18H34N2S/c1-15(2)16-12-19-17(8-4-5-9-17)13-20(16)14-18(21-3)10-6-7-11-18/h15-16,19H,4-14H2,1-3H3. The Morgan fingerprint density at radius 2 is 1.71 bits per heavy atom. The van der Waals surface area contributed by atoms with Gasteiger partial charge in [0.25, 0.3) is 0 Å². The van der Waals surface area contributed by atoms with E-state index < -0.39 is 0 Å². The molecule has 3 aliphatic rings. The Hall–Kier alpha value is 0.270. The molecular formula is C18H34N2S. The number of nitrogens with one attached hydrogen (secondary N) is 1. The molecule has 1 unspecified atom stereocenters. The Morgan fingerprint density at radius 3 is 2.29 bits per heavy atom. The summed E-state index contributed by atoms with van der Waals surface area (Å²) >= 11 is 2.16. The summed E-state index contributed by atoms with van der Waals surface area (Å²) in [7, 11) is 0. The molecule has 0 radical (unpaired) electrons. The first-order valence-electron chi connectivity index (χ1n) is 9.12. The van der Waals surface area contributed by atoms with Crippen LogP contribution in [0.3, 0.4) is 0 Å². The van der Waals surface area contributed by atoms with Crippen LogP contribution in [0.5, 0.6) is 0 Å². The Bertz CT molecular complexity index is 343. The maximum absolute atomic E-state index is 3.96. The molecule has 122 valence electrons. The third-order valence-electron chi connectivity index (χ3n) is 6.43. The zero-order chi connectivity index (χ0) is 14.9. The van der Waals surface area contributed by atoms with E-state index in [4.69, 9.17) is 0 Å². The minimum Gasteiger partial charge on any atom is -0.308 e. The molecule has 2 nitrogen and oxygen atoms in total. The first-order chi connectivity index (χ1) is 10.1. The third kappa shape index (κ3) is 3.30. The number of piperazine rings is 1. The summed E-state index contributed by atoms with van der Waals surface area (Å²) in [6, 6.07) is 0.737. The largest absolute Gasteiger partial charge is 0.308 e. The third-order valence-corrected chi connectivity index (χ3v) is 7.83. The Balaban J connectivity index is 1.74. The average molecular weight is 311 g/mol. The average Bonchev–Trinajstić information content (AvgIpc) is 3.09. The number of nitrogens with zero attached hydrogens (tertiary/aromatic N) is 1. The maximum Gasteiger partial charge on any atom is 0.0309 e. The molecule has 3 rings (SSSR count). The molecule has 0 aromatic rings. The van der Waals surface area contributed by atoms with Crippen molar-refractivity contribution < 1.29 is 0 Å². The van der Waals surface area contributed by atoms with Crippen LogP contribution in [0.1, 0.15) is 65.2 Å². The predicted octanol–water partition coefficient (Wildman–Crippen LogP) is 3.90. The summed E-state index contributed by atoms with van der Waals surface area (Å²) in [5.41, 5.74) is 0.462. The number of hydrogen-bond donors (Lipinski definition) is 1. The summed E-state index contributed by atoms with van der Waals surface area (Å²) in [6.45, 7) is 8.67. The highest BCUT2D eigenvalue weighted by Gasteiger charge is 2.45. The molecule has 21 heavy (non-hydrogen) atoms. The summed E-state index contributed by atoms with van der Waals surface area (Å²) in [5.74, 6) is 0.761. The van der Waals surface area contributed by atoms with Gasteiger partial charge in [0.1, 0.15) is 0 Å². The maximum atomic E-state index is 3.96. The fraction of sp³-hybridized carbons (Fsp3) is 1.00. The zero-order valence-electron chi connectivity index (χ0n) is 14.3. The molecule has 3 heteroatoms. The van der Waals surface area contributed by atoms with Gasteiger partial charge in [0.05, 0.1) is 0 Å². The highest BCUT2D eigenvalue weighted by Crippen LogP contribution is 2.43. The van der Waals surface area contributed by atoms with Crippen LogP contribution >= 0.6 is 11.8 Å². The highest BCUT2D eigenvalue weighted by molar-refractivity contribution is 8.00. The van der Waals surface area contributed by atoms with Crippen molar-refractivity contribution in [3.05, 3.63) is 0 Å². The van der Waals surface area contributed by atoms with Crippen molar-refractivity contribution in [3.8, 4) is 0 Å². The normalized spacial score (nSPS) is 32.3. The molecule has 1 heterocycles. The molecule has 1 saturated heterocycles. The van der Waals surface area contributed by atoms with Gasteiger partial charge < -0.3 is 5.32 Å². The quantitative estimate of drug-likeness (QED) is 0.847. The van der Waals surface area contributed by atoms with Crippen LogP contribution in [0.4, 0.5) is 0 Å². The topological polar surface area (TPSA) is 15.3 Å². The smallest absolute Gasteiger partial charge is 0.0309 e. The summed E-state index contributed by atoms with van der Waals surface area (Å²) in [6.07, 6.45) is 13.8. The molecule has 1 spiro atoms. The lowest BCUT2D eigenvalue weighted by atomic mass is 9.88. The second-order valence-electron chi connectivity index (χ2n) is 8.18. The van der Waals surface area contributed by atoms with E-state index in [0.29, 0.717) is 10.3 Å². The van der Waals surface area contributed by atoms with Crippen molar-refractivity contribution in [1.82, 2.24) is 10.2 Å². The van der Waals surface area contributed by atoms with E-state index >= 15 is 0 Å². The molecular weight excluding hydrogens is 276 g/mol. The van der Waals surface area contributed by atoms with Crippen LogP contribution in [-0.4, -0.2) is 47.1 Å². The minimum absolute atomic E-state index is 0.462. The van der Waals surface area contributed by atoms with Crippen LogP contribution < -0.4 is 5.32 Å². The van der Waals surface area contributed by atoms with Crippen molar-refractivity contribution in [2.45, 2.75) is 81.5 Å². The lowest BCUT2D eigenvalue weighted by Gasteiger charge is -2.50. The van der Waals surface area contributed by atoms with E-state index in [2.05, 4.69) is 42.1 Å². The van der Waals surface area contributed by atoms with Crippen molar-refractivity contribution >= 4 is 11.8 Å². The molecule has 1 atom stereocenters. The second-order valence-corrected chi connectivity index (χ2v) is 9.45. The summed E-state index contributed by atoms with van der Waals surface area (Å²) in [4.78, 5) is 2.90. The zero-order valence-corrected chi connectivity index (χ0v) is 15.1. The molecule has 0 aromatic carbocycles. The molecule has 0 amide bonds. The van der Waals surface area contributed by atoms with Gasteiger partial charge in [0.15, 0.2) is 0 Å². The molecule has 3 fully saturated rings. The van der Waals surface area contributed by atoms with Gasteiger partial charge in [-0.15, -0.1) is 0 Å². The summed E-state index contributed by atoms with van der Waals surface area (Å²) in [5, 5.41) is 3.96.